The van der Waals surface area contributed by atoms with Crippen molar-refractivity contribution in [2.24, 2.45) is 0 Å². The van der Waals surface area contributed by atoms with Crippen LogP contribution in [0.2, 0.25) is 0 Å². The minimum absolute atomic E-state index is 0.0569. The summed E-state index contributed by atoms with van der Waals surface area (Å²) in [4.78, 5) is 16.1. The highest BCUT2D eigenvalue weighted by atomic mass is 16.6. The van der Waals surface area contributed by atoms with Crippen molar-refractivity contribution in [2.75, 3.05) is 20.3 Å². The number of hydrogen-bond acceptors (Lipinski definition) is 5. The molecule has 0 bridgehead atoms. The van der Waals surface area contributed by atoms with E-state index in [0.29, 0.717) is 26.1 Å². The van der Waals surface area contributed by atoms with Crippen molar-refractivity contribution < 1.29 is 14.3 Å². The summed E-state index contributed by atoms with van der Waals surface area (Å²) in [5, 5.41) is 6.16. The maximum atomic E-state index is 11.9. The van der Waals surface area contributed by atoms with Crippen LogP contribution >= 0.6 is 0 Å². The normalized spacial score (nSPS) is 12.7. The van der Waals surface area contributed by atoms with E-state index in [9.17, 15) is 4.79 Å². The summed E-state index contributed by atoms with van der Waals surface area (Å²) in [5.74, 6) is 0. The zero-order valence-corrected chi connectivity index (χ0v) is 13.9. The van der Waals surface area contributed by atoms with Gasteiger partial charge in [0.1, 0.15) is 5.60 Å². The summed E-state index contributed by atoms with van der Waals surface area (Å²) < 4.78 is 10.4. The molecule has 0 aromatic carbocycles. The Bertz CT molecular complexity index is 432. The van der Waals surface area contributed by atoms with E-state index in [0.717, 1.165) is 5.69 Å². The molecule has 0 radical (unpaired) electrons. The molecule has 2 N–H and O–H groups in total. The smallest absolute Gasteiger partial charge is 0.407 e. The first-order chi connectivity index (χ1) is 10.4. The van der Waals surface area contributed by atoms with Gasteiger partial charge in [-0.25, -0.2) is 4.79 Å². The Morgan fingerprint density at radius 2 is 2.14 bits per heavy atom. The second-order valence-corrected chi connectivity index (χ2v) is 6.08. The van der Waals surface area contributed by atoms with Gasteiger partial charge in [0.25, 0.3) is 0 Å². The highest BCUT2D eigenvalue weighted by molar-refractivity contribution is 5.68. The van der Waals surface area contributed by atoms with E-state index in [1.807, 2.05) is 39.0 Å². The van der Waals surface area contributed by atoms with E-state index in [2.05, 4.69) is 15.6 Å². The molecule has 6 nitrogen and oxygen atoms in total. The molecular formula is C16H27N3O3. The van der Waals surface area contributed by atoms with Gasteiger partial charge in [-0.15, -0.1) is 0 Å². The molecule has 0 saturated carbocycles. The van der Waals surface area contributed by atoms with E-state index in [-0.39, 0.29) is 6.04 Å². The summed E-state index contributed by atoms with van der Waals surface area (Å²) in [6.45, 7) is 7.38. The first kappa shape index (κ1) is 18.4. The lowest BCUT2D eigenvalue weighted by atomic mass is 10.2. The van der Waals surface area contributed by atoms with Crippen LogP contribution in [0.4, 0.5) is 4.79 Å². The van der Waals surface area contributed by atoms with Gasteiger partial charge in [-0.3, -0.25) is 4.98 Å². The maximum Gasteiger partial charge on any atom is 0.407 e. The molecule has 0 saturated heterocycles. The van der Waals surface area contributed by atoms with Gasteiger partial charge < -0.3 is 20.1 Å². The lowest BCUT2D eigenvalue weighted by molar-refractivity contribution is 0.0493. The Hall–Kier alpha value is -1.66. The van der Waals surface area contributed by atoms with Crippen LogP contribution in [-0.2, 0) is 16.0 Å². The second-order valence-electron chi connectivity index (χ2n) is 6.08. The number of hydrogen-bond donors (Lipinski definition) is 2. The third-order valence-electron chi connectivity index (χ3n) is 2.81. The summed E-state index contributed by atoms with van der Waals surface area (Å²) in [6.07, 6.45) is 2.07. The molecule has 1 aromatic heterocycles. The minimum atomic E-state index is -0.503. The highest BCUT2D eigenvalue weighted by Gasteiger charge is 2.19. The fraction of sp³-hybridized carbons (Fsp3) is 0.625. The Morgan fingerprint density at radius 3 is 2.73 bits per heavy atom. The van der Waals surface area contributed by atoms with Crippen molar-refractivity contribution in [3.8, 4) is 0 Å². The minimum Gasteiger partial charge on any atom is -0.444 e. The summed E-state index contributed by atoms with van der Waals surface area (Å²) >= 11 is 0. The molecule has 1 rings (SSSR count). The second kappa shape index (κ2) is 9.38. The van der Waals surface area contributed by atoms with Crippen LogP contribution in [0.3, 0.4) is 0 Å². The number of carbonyl (C=O) groups is 1. The van der Waals surface area contributed by atoms with Crippen LogP contribution in [0, 0.1) is 0 Å². The molecule has 6 heteroatoms. The largest absolute Gasteiger partial charge is 0.444 e. The van der Waals surface area contributed by atoms with Crippen molar-refractivity contribution >= 4 is 6.09 Å². The van der Waals surface area contributed by atoms with Crippen LogP contribution in [0.15, 0.2) is 24.4 Å². The SMILES string of the molecule is COCCC(CNCc1ccccn1)NC(=O)OC(C)(C)C. The van der Waals surface area contributed by atoms with E-state index < -0.39 is 11.7 Å². The van der Waals surface area contributed by atoms with Gasteiger partial charge in [-0.2, -0.15) is 0 Å². The Balaban J connectivity index is 2.41. The van der Waals surface area contributed by atoms with Gasteiger partial charge in [0.2, 0.25) is 0 Å². The third-order valence-corrected chi connectivity index (χ3v) is 2.81. The van der Waals surface area contributed by atoms with Gasteiger partial charge in [-0.1, -0.05) is 6.07 Å². The number of amides is 1. The number of pyridine rings is 1. The number of nitrogens with zero attached hydrogens (tertiary/aromatic N) is 1. The molecule has 0 aliphatic carbocycles. The zero-order valence-electron chi connectivity index (χ0n) is 13.9. The van der Waals surface area contributed by atoms with E-state index in [1.54, 1.807) is 13.3 Å². The monoisotopic (exact) mass is 309 g/mol. The van der Waals surface area contributed by atoms with Crippen molar-refractivity contribution in [2.45, 2.75) is 45.4 Å². The van der Waals surface area contributed by atoms with E-state index in [4.69, 9.17) is 9.47 Å². The average molecular weight is 309 g/mol. The number of aromatic nitrogens is 1. The highest BCUT2D eigenvalue weighted by Crippen LogP contribution is 2.07. The Morgan fingerprint density at radius 1 is 1.36 bits per heavy atom. The number of carbonyl (C=O) groups excluding carboxylic acids is 1. The van der Waals surface area contributed by atoms with Gasteiger partial charge in [0.15, 0.2) is 0 Å². The van der Waals surface area contributed by atoms with Crippen LogP contribution in [-0.4, -0.2) is 43.0 Å². The van der Waals surface area contributed by atoms with Crippen molar-refractivity contribution in [1.82, 2.24) is 15.6 Å². The molecule has 1 atom stereocenters. The molecule has 22 heavy (non-hydrogen) atoms. The number of ether oxygens (including phenoxy) is 2. The number of methoxy groups -OCH3 is 1. The fourth-order valence-electron chi connectivity index (χ4n) is 1.84. The fourth-order valence-corrected chi connectivity index (χ4v) is 1.84. The predicted molar refractivity (Wildman–Crippen MR) is 85.6 cm³/mol. The van der Waals surface area contributed by atoms with Gasteiger partial charge in [0.05, 0.1) is 5.69 Å². The van der Waals surface area contributed by atoms with Gasteiger partial charge in [-0.05, 0) is 39.3 Å². The lowest BCUT2D eigenvalue weighted by Crippen LogP contribution is -2.44. The summed E-state index contributed by atoms with van der Waals surface area (Å²) in [7, 11) is 1.64. The standard InChI is InChI=1S/C16H27N3O3/c1-16(2,3)22-15(20)19-14(8-10-21-4)12-17-11-13-7-5-6-9-18-13/h5-7,9,14,17H,8,10-12H2,1-4H3,(H,19,20). The quantitative estimate of drug-likeness (QED) is 0.769. The third kappa shape index (κ3) is 8.59. The van der Waals surface area contributed by atoms with Crippen LogP contribution < -0.4 is 10.6 Å². The van der Waals surface area contributed by atoms with Gasteiger partial charge >= 0.3 is 6.09 Å². The summed E-state index contributed by atoms with van der Waals surface area (Å²) in [6, 6.07) is 5.73. The van der Waals surface area contributed by atoms with Crippen molar-refractivity contribution in [1.29, 1.82) is 0 Å². The number of nitrogens with one attached hydrogen (secondary N) is 2. The topological polar surface area (TPSA) is 72.5 Å². The molecular weight excluding hydrogens is 282 g/mol. The predicted octanol–water partition coefficient (Wildman–Crippen LogP) is 2.10. The molecule has 1 unspecified atom stereocenters. The molecule has 0 spiro atoms. The van der Waals surface area contributed by atoms with E-state index in [1.165, 1.54) is 0 Å². The lowest BCUT2D eigenvalue weighted by Gasteiger charge is -2.23. The molecule has 1 heterocycles. The molecule has 1 amide bonds. The average Bonchev–Trinajstić information content (AvgIpc) is 2.43. The summed E-state index contributed by atoms with van der Waals surface area (Å²) in [5.41, 5.74) is 0.461. The van der Waals surface area contributed by atoms with Crippen molar-refractivity contribution in [3.63, 3.8) is 0 Å². The molecule has 0 aliphatic rings. The van der Waals surface area contributed by atoms with E-state index >= 15 is 0 Å². The van der Waals surface area contributed by atoms with Gasteiger partial charge in [0, 0.05) is 39.0 Å². The Kier molecular flexibility index (Phi) is 7.84. The Labute approximate surface area is 132 Å². The maximum absolute atomic E-state index is 11.9. The molecule has 1 aromatic rings. The first-order valence-electron chi connectivity index (χ1n) is 7.50. The van der Waals surface area contributed by atoms with Crippen LogP contribution in [0.5, 0.6) is 0 Å². The molecule has 0 aliphatic heterocycles. The zero-order chi connectivity index (χ0) is 16.4. The van der Waals surface area contributed by atoms with Crippen LogP contribution in [0.1, 0.15) is 32.9 Å². The molecule has 124 valence electrons. The van der Waals surface area contributed by atoms with Crippen LogP contribution in [0.25, 0.3) is 0 Å². The number of rotatable bonds is 8. The van der Waals surface area contributed by atoms with Crippen molar-refractivity contribution in [3.05, 3.63) is 30.1 Å². The number of alkyl carbamates (subject to hydrolysis) is 1. The molecule has 0 fully saturated rings. The first-order valence-corrected chi connectivity index (χ1v) is 7.50.